The van der Waals surface area contributed by atoms with Crippen molar-refractivity contribution in [1.82, 2.24) is 20.5 Å². The van der Waals surface area contributed by atoms with E-state index in [0.29, 0.717) is 29.3 Å². The molecule has 0 saturated heterocycles. The van der Waals surface area contributed by atoms with Gasteiger partial charge in [-0.05, 0) is 25.0 Å². The van der Waals surface area contributed by atoms with Crippen molar-refractivity contribution in [1.29, 1.82) is 0 Å². The molecule has 8 heteroatoms. The van der Waals surface area contributed by atoms with Gasteiger partial charge in [-0.3, -0.25) is 4.79 Å². The summed E-state index contributed by atoms with van der Waals surface area (Å²) < 4.78 is 6.78. The number of nitrogens with zero attached hydrogens (tertiary/aromatic N) is 3. The van der Waals surface area contributed by atoms with E-state index in [4.69, 9.17) is 4.42 Å². The molecule has 124 valence electrons. The molecule has 0 atom stereocenters. The lowest BCUT2D eigenvalue weighted by atomic mass is 10.3. The van der Waals surface area contributed by atoms with E-state index in [1.165, 1.54) is 16.5 Å². The molecule has 6 nitrogen and oxygen atoms in total. The van der Waals surface area contributed by atoms with Gasteiger partial charge in [-0.1, -0.05) is 23.9 Å². The second-order valence-electron chi connectivity index (χ2n) is 5.67. The maximum atomic E-state index is 11.6. The van der Waals surface area contributed by atoms with E-state index in [2.05, 4.69) is 26.6 Å². The number of rotatable bonds is 7. The topological polar surface area (TPSA) is 80.9 Å². The number of fused-ring (bicyclic) bond motifs is 1. The Morgan fingerprint density at radius 3 is 3.00 bits per heavy atom. The third kappa shape index (κ3) is 3.93. The third-order valence-corrected chi connectivity index (χ3v) is 5.52. The van der Waals surface area contributed by atoms with Gasteiger partial charge in [0.15, 0.2) is 0 Å². The molecular formula is C16H16N4O2S2. The van der Waals surface area contributed by atoms with Crippen molar-refractivity contribution in [3.8, 4) is 0 Å². The van der Waals surface area contributed by atoms with Crippen molar-refractivity contribution in [3.63, 3.8) is 0 Å². The fourth-order valence-corrected chi connectivity index (χ4v) is 3.82. The number of amides is 1. The fraction of sp³-hybridized carbons (Fsp3) is 0.375. The highest BCUT2D eigenvalue weighted by molar-refractivity contribution is 7.99. The minimum atomic E-state index is 0.0247. The Labute approximate surface area is 147 Å². The van der Waals surface area contributed by atoms with Crippen molar-refractivity contribution in [2.75, 3.05) is 5.75 Å². The molecular weight excluding hydrogens is 344 g/mol. The number of aryl methyl sites for hydroxylation is 2. The third-order valence-electron chi connectivity index (χ3n) is 3.61. The van der Waals surface area contributed by atoms with Crippen LogP contribution in [-0.4, -0.2) is 32.9 Å². The van der Waals surface area contributed by atoms with Crippen molar-refractivity contribution in [3.05, 3.63) is 35.2 Å². The van der Waals surface area contributed by atoms with Gasteiger partial charge in [0.25, 0.3) is 5.22 Å². The number of carbonyl (C=O) groups excluding carboxylic acids is 1. The summed E-state index contributed by atoms with van der Waals surface area (Å²) in [6.45, 7) is 0. The quantitative estimate of drug-likeness (QED) is 0.653. The Kier molecular flexibility index (Phi) is 4.48. The largest absolute Gasteiger partial charge is 0.416 e. The van der Waals surface area contributed by atoms with E-state index >= 15 is 0 Å². The first-order chi connectivity index (χ1) is 11.8. The van der Waals surface area contributed by atoms with Crippen molar-refractivity contribution < 1.29 is 9.21 Å². The van der Waals surface area contributed by atoms with E-state index in [-0.39, 0.29) is 5.91 Å². The lowest BCUT2D eigenvalue weighted by molar-refractivity contribution is -0.118. The normalized spacial score (nSPS) is 14.2. The van der Waals surface area contributed by atoms with Crippen LogP contribution in [0.15, 0.2) is 33.9 Å². The molecule has 1 aliphatic carbocycles. The van der Waals surface area contributed by atoms with Gasteiger partial charge in [0, 0.05) is 18.9 Å². The van der Waals surface area contributed by atoms with Crippen LogP contribution >= 0.6 is 23.1 Å². The number of benzene rings is 1. The highest BCUT2D eigenvalue weighted by Crippen LogP contribution is 2.23. The van der Waals surface area contributed by atoms with Crippen molar-refractivity contribution >= 4 is 39.2 Å². The van der Waals surface area contributed by atoms with E-state index in [9.17, 15) is 4.79 Å². The first-order valence-electron chi connectivity index (χ1n) is 7.85. The molecule has 1 fully saturated rings. The number of thiazole rings is 1. The Balaban J connectivity index is 1.29. The van der Waals surface area contributed by atoms with Crippen LogP contribution in [0.2, 0.25) is 0 Å². The molecule has 0 unspecified atom stereocenters. The second-order valence-corrected chi connectivity index (χ2v) is 7.71. The summed E-state index contributed by atoms with van der Waals surface area (Å²) in [4.78, 5) is 16.2. The zero-order chi connectivity index (χ0) is 16.4. The summed E-state index contributed by atoms with van der Waals surface area (Å²) in [6.07, 6.45) is 3.61. The molecule has 0 aliphatic heterocycles. The Hall–Kier alpha value is -1.93. The molecule has 4 rings (SSSR count). The van der Waals surface area contributed by atoms with E-state index in [1.54, 1.807) is 11.3 Å². The van der Waals surface area contributed by atoms with Crippen LogP contribution in [0, 0.1) is 0 Å². The number of thioether (sulfide) groups is 1. The second kappa shape index (κ2) is 6.90. The van der Waals surface area contributed by atoms with E-state index < -0.39 is 0 Å². The summed E-state index contributed by atoms with van der Waals surface area (Å²) >= 11 is 2.97. The average Bonchev–Trinajstić information content (AvgIpc) is 3.13. The Morgan fingerprint density at radius 1 is 1.29 bits per heavy atom. The van der Waals surface area contributed by atoms with Gasteiger partial charge in [-0.15, -0.1) is 21.5 Å². The molecule has 1 aliphatic rings. The van der Waals surface area contributed by atoms with Crippen LogP contribution in [0.5, 0.6) is 0 Å². The molecule has 1 amide bonds. The van der Waals surface area contributed by atoms with E-state index in [0.717, 1.165) is 29.8 Å². The zero-order valence-electron chi connectivity index (χ0n) is 12.9. The first-order valence-corrected chi connectivity index (χ1v) is 9.65. The van der Waals surface area contributed by atoms with Gasteiger partial charge >= 0.3 is 0 Å². The number of nitrogens with one attached hydrogen (secondary N) is 1. The van der Waals surface area contributed by atoms with Crippen LogP contribution in [0.3, 0.4) is 0 Å². The first kappa shape index (κ1) is 15.6. The number of hydrogen-bond donors (Lipinski definition) is 1. The lowest BCUT2D eigenvalue weighted by Gasteiger charge is -1.99. The van der Waals surface area contributed by atoms with Crippen molar-refractivity contribution in [2.24, 2.45) is 0 Å². The van der Waals surface area contributed by atoms with Crippen LogP contribution in [0.4, 0.5) is 0 Å². The van der Waals surface area contributed by atoms with Crippen molar-refractivity contribution in [2.45, 2.75) is 36.9 Å². The molecule has 1 aromatic carbocycles. The Bertz CT molecular complexity index is 824. The molecule has 0 spiro atoms. The molecule has 0 radical (unpaired) electrons. The SMILES string of the molecule is O=C(CSc1nnc(CCc2nc3ccccc3s2)o1)NC1CC1. The predicted molar refractivity (Wildman–Crippen MR) is 93.2 cm³/mol. The summed E-state index contributed by atoms with van der Waals surface area (Å²) in [5.41, 5.74) is 1.03. The van der Waals surface area contributed by atoms with Gasteiger partial charge in [-0.25, -0.2) is 4.98 Å². The fourth-order valence-electron chi connectivity index (χ4n) is 2.26. The van der Waals surface area contributed by atoms with Crippen LogP contribution < -0.4 is 5.32 Å². The molecule has 1 saturated carbocycles. The highest BCUT2D eigenvalue weighted by atomic mass is 32.2. The number of aromatic nitrogens is 3. The van der Waals surface area contributed by atoms with Gasteiger partial charge in [-0.2, -0.15) is 0 Å². The maximum Gasteiger partial charge on any atom is 0.277 e. The molecule has 0 bridgehead atoms. The smallest absolute Gasteiger partial charge is 0.277 e. The Morgan fingerprint density at radius 2 is 2.17 bits per heavy atom. The van der Waals surface area contributed by atoms with Crippen LogP contribution in [0.25, 0.3) is 10.2 Å². The van der Waals surface area contributed by atoms with Gasteiger partial charge < -0.3 is 9.73 Å². The minimum Gasteiger partial charge on any atom is -0.416 e. The lowest BCUT2D eigenvalue weighted by Crippen LogP contribution is -2.26. The summed E-state index contributed by atoms with van der Waals surface area (Å²) in [5.74, 6) is 0.923. The maximum absolute atomic E-state index is 11.6. The summed E-state index contributed by atoms with van der Waals surface area (Å²) in [5, 5.41) is 12.5. The average molecular weight is 360 g/mol. The minimum absolute atomic E-state index is 0.0247. The number of carbonyl (C=O) groups is 1. The number of hydrogen-bond acceptors (Lipinski definition) is 7. The molecule has 3 aromatic rings. The molecule has 24 heavy (non-hydrogen) atoms. The van der Waals surface area contributed by atoms with Gasteiger partial charge in [0.05, 0.1) is 21.0 Å². The van der Waals surface area contributed by atoms with Gasteiger partial charge in [0.2, 0.25) is 11.8 Å². The predicted octanol–water partition coefficient (Wildman–Crippen LogP) is 2.84. The number of para-hydroxylation sites is 1. The van der Waals surface area contributed by atoms with E-state index in [1.807, 2.05) is 18.2 Å². The molecule has 1 N–H and O–H groups in total. The summed E-state index contributed by atoms with van der Waals surface area (Å²) in [6, 6.07) is 8.48. The monoisotopic (exact) mass is 360 g/mol. The summed E-state index contributed by atoms with van der Waals surface area (Å²) in [7, 11) is 0. The zero-order valence-corrected chi connectivity index (χ0v) is 14.5. The molecule has 2 heterocycles. The standard InChI is InChI=1S/C16H16N4O2S2/c21-13(17-10-5-6-10)9-23-16-20-19-14(22-16)7-8-15-18-11-3-1-2-4-12(11)24-15/h1-4,10H,5-9H2,(H,17,21). The molecule has 2 aromatic heterocycles. The highest BCUT2D eigenvalue weighted by Gasteiger charge is 2.23. The van der Waals surface area contributed by atoms with Gasteiger partial charge in [0.1, 0.15) is 0 Å². The van der Waals surface area contributed by atoms with Crippen LogP contribution in [0.1, 0.15) is 23.7 Å². The van der Waals surface area contributed by atoms with Crippen LogP contribution in [-0.2, 0) is 17.6 Å².